The molecule has 110 valence electrons. The number of aromatic hydroxyl groups is 1. The number of fused-ring (bicyclic) bond motifs is 1. The van der Waals surface area contributed by atoms with Gasteiger partial charge in [-0.15, -0.1) is 0 Å². The summed E-state index contributed by atoms with van der Waals surface area (Å²) in [6.07, 6.45) is 0.636. The fourth-order valence-electron chi connectivity index (χ4n) is 2.62. The van der Waals surface area contributed by atoms with Gasteiger partial charge in [-0.3, -0.25) is 4.79 Å². The second kappa shape index (κ2) is 5.24. The highest BCUT2D eigenvalue weighted by molar-refractivity contribution is 7.15. The van der Waals surface area contributed by atoms with Gasteiger partial charge < -0.3 is 14.7 Å². The van der Waals surface area contributed by atoms with Crippen LogP contribution in [-0.4, -0.2) is 24.2 Å². The van der Waals surface area contributed by atoms with Crippen molar-refractivity contribution >= 4 is 34.5 Å². The Hall–Kier alpha value is -1.72. The van der Waals surface area contributed by atoms with Gasteiger partial charge in [-0.25, -0.2) is 0 Å². The molecule has 2 aromatic rings. The molecule has 1 aromatic heterocycles. The van der Waals surface area contributed by atoms with Crippen LogP contribution in [0.5, 0.6) is 10.8 Å². The normalized spacial score (nSPS) is 16.9. The highest BCUT2D eigenvalue weighted by Crippen LogP contribution is 2.42. The Kier molecular flexibility index (Phi) is 3.55. The van der Waals surface area contributed by atoms with Crippen LogP contribution in [0.2, 0.25) is 5.02 Å². The van der Waals surface area contributed by atoms with Crippen molar-refractivity contribution < 1.29 is 14.6 Å². The van der Waals surface area contributed by atoms with E-state index in [2.05, 4.69) is 0 Å². The Labute approximate surface area is 131 Å². The van der Waals surface area contributed by atoms with E-state index in [0.717, 1.165) is 11.3 Å². The minimum atomic E-state index is -0.0729. The largest absolute Gasteiger partial charge is 0.506 e. The van der Waals surface area contributed by atoms with E-state index in [4.69, 9.17) is 16.3 Å². The van der Waals surface area contributed by atoms with E-state index < -0.39 is 0 Å². The number of ether oxygens (including phenoxy) is 1. The first kappa shape index (κ1) is 14.2. The molecule has 1 aromatic carbocycles. The van der Waals surface area contributed by atoms with Crippen LogP contribution in [-0.2, 0) is 6.42 Å². The lowest BCUT2D eigenvalue weighted by Crippen LogP contribution is -2.35. The van der Waals surface area contributed by atoms with Crippen molar-refractivity contribution in [2.24, 2.45) is 0 Å². The van der Waals surface area contributed by atoms with E-state index in [1.807, 2.05) is 6.92 Å². The van der Waals surface area contributed by atoms with Crippen molar-refractivity contribution in [1.82, 2.24) is 0 Å². The Morgan fingerprint density at radius 1 is 1.43 bits per heavy atom. The van der Waals surface area contributed by atoms with Crippen LogP contribution in [0.1, 0.15) is 22.2 Å². The molecule has 1 N–H and O–H groups in total. The van der Waals surface area contributed by atoms with Gasteiger partial charge in [0.1, 0.15) is 5.75 Å². The third-order valence-corrected chi connectivity index (χ3v) is 5.07. The summed E-state index contributed by atoms with van der Waals surface area (Å²) < 4.78 is 5.13. The molecular formula is C15H14ClNO3S. The third-order valence-electron chi connectivity index (χ3n) is 3.61. The maximum Gasteiger partial charge on any atom is 0.268 e. The molecule has 1 aliphatic rings. The van der Waals surface area contributed by atoms with Gasteiger partial charge in [-0.2, -0.15) is 0 Å². The quantitative estimate of drug-likeness (QED) is 0.916. The molecule has 0 spiro atoms. The first-order valence-corrected chi connectivity index (χ1v) is 7.70. The molecule has 0 saturated heterocycles. The molecule has 21 heavy (non-hydrogen) atoms. The molecule has 6 heteroatoms. The number of hydrogen-bond acceptors (Lipinski definition) is 4. The number of methoxy groups -OCH3 is 1. The summed E-state index contributed by atoms with van der Waals surface area (Å²) in [7, 11) is 1.58. The second-order valence-corrected chi connectivity index (χ2v) is 6.37. The van der Waals surface area contributed by atoms with Crippen LogP contribution in [0.3, 0.4) is 0 Å². The number of carbonyl (C=O) groups is 1. The topological polar surface area (TPSA) is 49.8 Å². The maximum absolute atomic E-state index is 12.7. The number of amides is 1. The minimum Gasteiger partial charge on any atom is -0.506 e. The van der Waals surface area contributed by atoms with Crippen LogP contribution < -0.4 is 9.64 Å². The number of rotatable bonds is 2. The zero-order valence-corrected chi connectivity index (χ0v) is 13.2. The number of benzene rings is 1. The number of nitrogens with zero attached hydrogens (tertiary/aromatic N) is 1. The number of hydrogen-bond donors (Lipinski definition) is 1. The number of carbonyl (C=O) groups excluding carboxylic acids is 1. The average Bonchev–Trinajstić information content (AvgIpc) is 3.06. The van der Waals surface area contributed by atoms with E-state index in [-0.39, 0.29) is 17.7 Å². The molecule has 1 amide bonds. The van der Waals surface area contributed by atoms with E-state index in [0.29, 0.717) is 21.4 Å². The predicted molar refractivity (Wildman–Crippen MR) is 84.0 cm³/mol. The van der Waals surface area contributed by atoms with Gasteiger partial charge in [-0.05, 0) is 37.6 Å². The Morgan fingerprint density at radius 3 is 2.86 bits per heavy atom. The van der Waals surface area contributed by atoms with Gasteiger partial charge in [0, 0.05) is 17.3 Å². The van der Waals surface area contributed by atoms with Gasteiger partial charge in [0.05, 0.1) is 17.0 Å². The standard InChI is InChI=1S/C15H14ClNO3S/c1-8-7-9-10(3-4-11(18)14(9)16)17(8)15(19)12-5-6-13(20-2)21-12/h3-6,8,18H,7H2,1-2H3. The lowest BCUT2D eigenvalue weighted by atomic mass is 10.1. The van der Waals surface area contributed by atoms with Crippen molar-refractivity contribution in [2.75, 3.05) is 12.0 Å². The van der Waals surface area contributed by atoms with Crippen molar-refractivity contribution in [3.8, 4) is 10.8 Å². The lowest BCUT2D eigenvalue weighted by molar-refractivity contribution is 0.0985. The van der Waals surface area contributed by atoms with Crippen molar-refractivity contribution in [3.63, 3.8) is 0 Å². The molecule has 2 heterocycles. The van der Waals surface area contributed by atoms with Crippen LogP contribution in [0.25, 0.3) is 0 Å². The average molecular weight is 324 g/mol. The van der Waals surface area contributed by atoms with Crippen LogP contribution in [0, 0.1) is 0 Å². The Balaban J connectivity index is 2.00. The first-order valence-electron chi connectivity index (χ1n) is 6.50. The molecule has 0 aliphatic carbocycles. The molecule has 4 nitrogen and oxygen atoms in total. The van der Waals surface area contributed by atoms with Gasteiger partial charge >= 0.3 is 0 Å². The summed E-state index contributed by atoms with van der Waals surface area (Å²) in [5.74, 6) is -0.0222. The number of thiophene rings is 1. The molecule has 0 bridgehead atoms. The molecular weight excluding hydrogens is 310 g/mol. The smallest absolute Gasteiger partial charge is 0.268 e. The monoisotopic (exact) mass is 323 g/mol. The van der Waals surface area contributed by atoms with Gasteiger partial charge in [0.15, 0.2) is 5.06 Å². The molecule has 3 rings (SSSR count). The number of halogens is 1. The van der Waals surface area contributed by atoms with E-state index >= 15 is 0 Å². The summed E-state index contributed by atoms with van der Waals surface area (Å²) in [4.78, 5) is 15.1. The Morgan fingerprint density at radius 2 is 2.19 bits per heavy atom. The van der Waals surface area contributed by atoms with Gasteiger partial charge in [0.25, 0.3) is 5.91 Å². The van der Waals surface area contributed by atoms with Gasteiger partial charge in [-0.1, -0.05) is 22.9 Å². The summed E-state index contributed by atoms with van der Waals surface area (Å²) >= 11 is 7.46. The third kappa shape index (κ3) is 2.26. The fourth-order valence-corrected chi connectivity index (χ4v) is 3.61. The van der Waals surface area contributed by atoms with Crippen molar-refractivity contribution in [2.45, 2.75) is 19.4 Å². The summed E-state index contributed by atoms with van der Waals surface area (Å²) in [6, 6.07) is 6.80. The van der Waals surface area contributed by atoms with E-state index in [1.54, 1.807) is 30.2 Å². The molecule has 1 atom stereocenters. The zero-order valence-electron chi connectivity index (χ0n) is 11.6. The number of phenolic OH excluding ortho intramolecular Hbond substituents is 1. The number of anilines is 1. The molecule has 1 unspecified atom stereocenters. The van der Waals surface area contributed by atoms with Crippen molar-refractivity contribution in [3.05, 3.63) is 39.7 Å². The van der Waals surface area contributed by atoms with E-state index in [9.17, 15) is 9.90 Å². The highest BCUT2D eigenvalue weighted by atomic mass is 35.5. The fraction of sp³-hybridized carbons (Fsp3) is 0.267. The SMILES string of the molecule is COc1ccc(C(=O)N2c3ccc(O)c(Cl)c3CC2C)s1. The summed E-state index contributed by atoms with van der Waals surface area (Å²) in [5.41, 5.74) is 1.59. The zero-order chi connectivity index (χ0) is 15.1. The minimum absolute atomic E-state index is 0.0000973. The predicted octanol–water partition coefficient (Wildman–Crippen LogP) is 3.71. The maximum atomic E-state index is 12.7. The molecule has 0 fully saturated rings. The van der Waals surface area contributed by atoms with E-state index in [1.165, 1.54) is 17.4 Å². The highest BCUT2D eigenvalue weighted by Gasteiger charge is 2.34. The molecule has 0 radical (unpaired) electrons. The Bertz CT molecular complexity index is 713. The van der Waals surface area contributed by atoms with Crippen molar-refractivity contribution in [1.29, 1.82) is 0 Å². The van der Waals surface area contributed by atoms with Crippen LogP contribution in [0.15, 0.2) is 24.3 Å². The van der Waals surface area contributed by atoms with Gasteiger partial charge in [0.2, 0.25) is 0 Å². The molecule has 1 aliphatic heterocycles. The van der Waals surface area contributed by atoms with Crippen LogP contribution >= 0.6 is 22.9 Å². The summed E-state index contributed by atoms with van der Waals surface area (Å²) in [5, 5.41) is 10.7. The summed E-state index contributed by atoms with van der Waals surface area (Å²) in [6.45, 7) is 1.97. The second-order valence-electron chi connectivity index (χ2n) is 4.95. The lowest BCUT2D eigenvalue weighted by Gasteiger charge is -2.22. The first-order chi connectivity index (χ1) is 10.0. The molecule has 0 saturated carbocycles. The number of phenols is 1. The van der Waals surface area contributed by atoms with Crippen LogP contribution in [0.4, 0.5) is 5.69 Å².